The highest BCUT2D eigenvalue weighted by Gasteiger charge is 2.23. The van der Waals surface area contributed by atoms with Crippen molar-refractivity contribution in [3.8, 4) is 0 Å². The molecule has 0 fully saturated rings. The Morgan fingerprint density at radius 1 is 1.09 bits per heavy atom. The number of nitrogens with zero attached hydrogens (tertiary/aromatic N) is 2. The van der Waals surface area contributed by atoms with E-state index < -0.39 is 21.6 Å². The fourth-order valence-electron chi connectivity index (χ4n) is 2.04. The average Bonchev–Trinajstić information content (AvgIpc) is 3.16. The van der Waals surface area contributed by atoms with E-state index in [-0.39, 0.29) is 10.7 Å². The van der Waals surface area contributed by atoms with Crippen LogP contribution in [-0.4, -0.2) is 22.9 Å². The normalized spacial score (nSPS) is 11.5. The molecule has 3 aromatic rings. The molecule has 7 nitrogen and oxygen atoms in total. The summed E-state index contributed by atoms with van der Waals surface area (Å²) in [7, 11) is -4.07. The van der Waals surface area contributed by atoms with Crippen molar-refractivity contribution in [3.05, 3.63) is 76.9 Å². The first kappa shape index (κ1) is 15.0. The summed E-state index contributed by atoms with van der Waals surface area (Å²) >= 11 is 0. The first-order chi connectivity index (χ1) is 10.9. The van der Waals surface area contributed by atoms with Gasteiger partial charge in [0.1, 0.15) is 0 Å². The SMILES string of the molecule is Cc1ccc(S(=O)(=O)n2ccn(C(=O)c3ccco3)c2=O)cc1. The van der Waals surface area contributed by atoms with Crippen LogP contribution in [0.4, 0.5) is 0 Å². The van der Waals surface area contributed by atoms with Gasteiger partial charge in [0.15, 0.2) is 5.76 Å². The van der Waals surface area contributed by atoms with Crippen molar-refractivity contribution < 1.29 is 17.6 Å². The van der Waals surface area contributed by atoms with Gasteiger partial charge in [-0.15, -0.1) is 0 Å². The van der Waals surface area contributed by atoms with Gasteiger partial charge in [0, 0.05) is 12.4 Å². The third-order valence-corrected chi connectivity index (χ3v) is 4.94. The minimum Gasteiger partial charge on any atom is -0.459 e. The largest absolute Gasteiger partial charge is 0.459 e. The average molecular weight is 332 g/mol. The number of rotatable bonds is 3. The molecular formula is C15H12N2O5S. The molecule has 0 spiro atoms. The Morgan fingerprint density at radius 3 is 2.39 bits per heavy atom. The third kappa shape index (κ3) is 2.53. The molecule has 0 saturated carbocycles. The van der Waals surface area contributed by atoms with Crippen LogP contribution in [0.5, 0.6) is 0 Å². The fraction of sp³-hybridized carbons (Fsp3) is 0.0667. The van der Waals surface area contributed by atoms with Gasteiger partial charge in [0.25, 0.3) is 10.0 Å². The van der Waals surface area contributed by atoms with Gasteiger partial charge < -0.3 is 4.42 Å². The van der Waals surface area contributed by atoms with Crippen LogP contribution >= 0.6 is 0 Å². The second-order valence-electron chi connectivity index (χ2n) is 4.85. The molecule has 0 aliphatic rings. The summed E-state index contributed by atoms with van der Waals surface area (Å²) in [5.74, 6) is -0.796. The first-order valence-corrected chi connectivity index (χ1v) is 8.06. The van der Waals surface area contributed by atoms with Crippen LogP contribution in [0.3, 0.4) is 0 Å². The highest BCUT2D eigenvalue weighted by molar-refractivity contribution is 7.90. The van der Waals surface area contributed by atoms with Crippen LogP contribution in [0.2, 0.25) is 0 Å². The Labute approximate surface area is 131 Å². The Bertz CT molecular complexity index is 1010. The Morgan fingerprint density at radius 2 is 1.78 bits per heavy atom. The van der Waals surface area contributed by atoms with E-state index in [2.05, 4.69) is 0 Å². The number of hydrogen-bond donors (Lipinski definition) is 0. The number of aryl methyl sites for hydroxylation is 1. The lowest BCUT2D eigenvalue weighted by Gasteiger charge is -2.04. The number of hydrogen-bond acceptors (Lipinski definition) is 5. The molecule has 8 heteroatoms. The smallest absolute Gasteiger partial charge is 0.349 e. The van der Waals surface area contributed by atoms with Crippen LogP contribution in [0, 0.1) is 6.92 Å². The topological polar surface area (TPSA) is 91.3 Å². The highest BCUT2D eigenvalue weighted by Crippen LogP contribution is 2.13. The van der Waals surface area contributed by atoms with Crippen molar-refractivity contribution in [3.63, 3.8) is 0 Å². The van der Waals surface area contributed by atoms with E-state index in [9.17, 15) is 18.0 Å². The Kier molecular flexibility index (Phi) is 3.53. The van der Waals surface area contributed by atoms with Gasteiger partial charge in [-0.25, -0.2) is 17.8 Å². The van der Waals surface area contributed by atoms with Gasteiger partial charge in [-0.05, 0) is 31.2 Å². The van der Waals surface area contributed by atoms with Crippen molar-refractivity contribution in [2.75, 3.05) is 0 Å². The zero-order valence-electron chi connectivity index (χ0n) is 12.0. The maximum absolute atomic E-state index is 12.5. The number of furan rings is 1. The quantitative estimate of drug-likeness (QED) is 0.724. The Balaban J connectivity index is 2.07. The van der Waals surface area contributed by atoms with E-state index in [1.165, 1.54) is 30.5 Å². The molecule has 0 bridgehead atoms. The van der Waals surface area contributed by atoms with Gasteiger partial charge in [-0.1, -0.05) is 17.7 Å². The number of benzene rings is 1. The summed E-state index contributed by atoms with van der Waals surface area (Å²) in [6.07, 6.45) is 3.43. The molecule has 0 N–H and O–H groups in total. The fourth-order valence-corrected chi connectivity index (χ4v) is 3.26. The van der Waals surface area contributed by atoms with Crippen molar-refractivity contribution in [1.82, 2.24) is 8.54 Å². The third-order valence-electron chi connectivity index (χ3n) is 3.27. The minimum atomic E-state index is -4.07. The summed E-state index contributed by atoms with van der Waals surface area (Å²) in [6, 6.07) is 8.95. The van der Waals surface area contributed by atoms with Gasteiger partial charge >= 0.3 is 11.6 Å². The molecule has 1 aromatic carbocycles. The molecule has 0 unspecified atom stereocenters. The molecule has 2 heterocycles. The molecule has 0 amide bonds. The molecule has 0 radical (unpaired) electrons. The molecule has 118 valence electrons. The predicted molar refractivity (Wildman–Crippen MR) is 80.9 cm³/mol. The molecule has 23 heavy (non-hydrogen) atoms. The van der Waals surface area contributed by atoms with Crippen LogP contribution in [0.1, 0.15) is 16.1 Å². The van der Waals surface area contributed by atoms with Crippen LogP contribution < -0.4 is 5.69 Å². The summed E-state index contributed by atoms with van der Waals surface area (Å²) in [6.45, 7) is 1.82. The summed E-state index contributed by atoms with van der Waals surface area (Å²) in [4.78, 5) is 24.4. The van der Waals surface area contributed by atoms with E-state index in [1.807, 2.05) is 6.92 Å². The number of carbonyl (C=O) groups excluding carboxylic acids is 1. The van der Waals surface area contributed by atoms with Gasteiger partial charge in [-0.2, -0.15) is 3.97 Å². The van der Waals surface area contributed by atoms with Gasteiger partial charge in [0.05, 0.1) is 11.2 Å². The molecule has 3 rings (SSSR count). The summed E-state index contributed by atoms with van der Waals surface area (Å²) in [5.41, 5.74) is -0.0890. The molecule has 0 atom stereocenters. The van der Waals surface area contributed by atoms with E-state index in [0.717, 1.165) is 18.0 Å². The number of aromatic nitrogens is 2. The maximum atomic E-state index is 12.5. The highest BCUT2D eigenvalue weighted by atomic mass is 32.2. The van der Waals surface area contributed by atoms with E-state index in [4.69, 9.17) is 4.42 Å². The lowest BCUT2D eigenvalue weighted by atomic mass is 10.2. The van der Waals surface area contributed by atoms with Crippen molar-refractivity contribution >= 4 is 15.9 Å². The molecule has 0 aliphatic heterocycles. The van der Waals surface area contributed by atoms with Crippen LogP contribution in [0.15, 0.2) is 69.2 Å². The zero-order valence-corrected chi connectivity index (χ0v) is 12.9. The number of carbonyl (C=O) groups is 1. The lowest BCUT2D eigenvalue weighted by molar-refractivity contribution is 0.0928. The van der Waals surface area contributed by atoms with Gasteiger partial charge in [0.2, 0.25) is 0 Å². The summed E-state index contributed by atoms with van der Waals surface area (Å²) < 4.78 is 31.1. The van der Waals surface area contributed by atoms with Gasteiger partial charge in [-0.3, -0.25) is 4.79 Å². The number of imidazole rings is 1. The first-order valence-electron chi connectivity index (χ1n) is 6.62. The second kappa shape index (κ2) is 5.40. The monoisotopic (exact) mass is 332 g/mol. The predicted octanol–water partition coefficient (Wildman–Crippen LogP) is 1.48. The molecule has 0 aliphatic carbocycles. The standard InChI is InChI=1S/C15H12N2O5S/c1-11-4-6-12(7-5-11)23(20,21)17-9-8-16(15(17)19)14(18)13-3-2-10-22-13/h2-10H,1H3. The van der Waals surface area contributed by atoms with Crippen molar-refractivity contribution in [2.45, 2.75) is 11.8 Å². The minimum absolute atomic E-state index is 0.0339. The maximum Gasteiger partial charge on any atom is 0.349 e. The van der Waals surface area contributed by atoms with E-state index in [1.54, 1.807) is 12.1 Å². The van der Waals surface area contributed by atoms with Crippen molar-refractivity contribution in [1.29, 1.82) is 0 Å². The second-order valence-corrected chi connectivity index (χ2v) is 6.66. The van der Waals surface area contributed by atoms with E-state index >= 15 is 0 Å². The molecular weight excluding hydrogens is 320 g/mol. The van der Waals surface area contributed by atoms with Crippen LogP contribution in [-0.2, 0) is 10.0 Å². The van der Waals surface area contributed by atoms with Crippen molar-refractivity contribution in [2.24, 2.45) is 0 Å². The summed E-state index contributed by atoms with van der Waals surface area (Å²) in [5, 5.41) is 0. The molecule has 2 aromatic heterocycles. The zero-order chi connectivity index (χ0) is 16.6. The lowest BCUT2D eigenvalue weighted by Crippen LogP contribution is -2.32. The molecule has 0 saturated heterocycles. The van der Waals surface area contributed by atoms with Crippen LogP contribution in [0.25, 0.3) is 0 Å². The Hall–Kier alpha value is -2.87. The van der Waals surface area contributed by atoms with E-state index in [0.29, 0.717) is 8.54 Å².